The number of likely N-dealkylation sites (tertiary alicyclic amines) is 1. The zero-order valence-electron chi connectivity index (χ0n) is 14.5. The Morgan fingerprint density at radius 2 is 1.81 bits per heavy atom. The van der Waals surface area contributed by atoms with Crippen molar-refractivity contribution in [2.24, 2.45) is 4.99 Å². The maximum absolute atomic E-state index is 4.31. The van der Waals surface area contributed by atoms with Gasteiger partial charge in [-0.3, -0.25) is 9.89 Å². The van der Waals surface area contributed by atoms with E-state index in [9.17, 15) is 0 Å². The Kier molecular flexibility index (Phi) is 9.42. The van der Waals surface area contributed by atoms with Crippen molar-refractivity contribution in [3.05, 3.63) is 0 Å². The van der Waals surface area contributed by atoms with Gasteiger partial charge in [0.25, 0.3) is 0 Å². The van der Waals surface area contributed by atoms with Gasteiger partial charge in [-0.25, -0.2) is 0 Å². The first-order chi connectivity index (χ1) is 10.2. The Balaban J connectivity index is 2.19. The maximum Gasteiger partial charge on any atom is 0.191 e. The second-order valence-electron chi connectivity index (χ2n) is 5.85. The first-order valence-corrected chi connectivity index (χ1v) is 8.62. The van der Waals surface area contributed by atoms with E-state index < -0.39 is 0 Å². The maximum atomic E-state index is 4.31. The minimum atomic E-state index is 0.528. The van der Waals surface area contributed by atoms with Crippen molar-refractivity contribution >= 4 is 5.96 Å². The molecule has 1 heterocycles. The van der Waals surface area contributed by atoms with E-state index >= 15 is 0 Å². The number of hydrogen-bond donors (Lipinski definition) is 2. The van der Waals surface area contributed by atoms with Gasteiger partial charge >= 0.3 is 0 Å². The van der Waals surface area contributed by atoms with Gasteiger partial charge in [0.15, 0.2) is 5.96 Å². The first-order valence-electron chi connectivity index (χ1n) is 8.62. The van der Waals surface area contributed by atoms with Gasteiger partial charge in [-0.2, -0.15) is 0 Å². The minimum Gasteiger partial charge on any atom is -0.355 e. The summed E-state index contributed by atoms with van der Waals surface area (Å²) in [5, 5.41) is 6.86. The van der Waals surface area contributed by atoms with Gasteiger partial charge in [-0.05, 0) is 45.9 Å². The molecule has 1 fully saturated rings. The van der Waals surface area contributed by atoms with E-state index in [1.54, 1.807) is 0 Å². The lowest BCUT2D eigenvalue weighted by atomic mass is 10.1. The van der Waals surface area contributed by atoms with Crippen LogP contribution in [0.5, 0.6) is 0 Å². The number of rotatable bonds is 8. The molecule has 1 saturated heterocycles. The summed E-state index contributed by atoms with van der Waals surface area (Å²) in [5.74, 6) is 0.922. The van der Waals surface area contributed by atoms with E-state index in [0.717, 1.165) is 38.7 Å². The van der Waals surface area contributed by atoms with Gasteiger partial charge in [0.2, 0.25) is 0 Å². The molecular weight excluding hydrogens is 262 g/mol. The van der Waals surface area contributed by atoms with Gasteiger partial charge in [0.1, 0.15) is 0 Å². The predicted molar refractivity (Wildman–Crippen MR) is 92.0 cm³/mol. The second kappa shape index (κ2) is 10.9. The molecule has 2 N–H and O–H groups in total. The molecule has 1 aliphatic heterocycles. The molecule has 1 aliphatic rings. The number of hydrogen-bond acceptors (Lipinski definition) is 3. The van der Waals surface area contributed by atoms with Crippen LogP contribution in [0.15, 0.2) is 4.99 Å². The molecule has 5 heteroatoms. The molecule has 5 nitrogen and oxygen atoms in total. The third-order valence-electron chi connectivity index (χ3n) is 4.39. The van der Waals surface area contributed by atoms with E-state index in [1.807, 2.05) is 7.05 Å². The lowest BCUT2D eigenvalue weighted by Gasteiger charge is -2.28. The van der Waals surface area contributed by atoms with Crippen molar-refractivity contribution in [1.82, 2.24) is 20.4 Å². The van der Waals surface area contributed by atoms with E-state index in [1.165, 1.54) is 32.4 Å². The normalized spacial score (nSPS) is 18.8. The highest BCUT2D eigenvalue weighted by atomic mass is 15.2. The summed E-state index contributed by atoms with van der Waals surface area (Å²) in [6.45, 7) is 14.4. The summed E-state index contributed by atoms with van der Waals surface area (Å²) in [7, 11) is 1.85. The average molecular weight is 297 g/mol. The van der Waals surface area contributed by atoms with Crippen LogP contribution in [-0.2, 0) is 0 Å². The van der Waals surface area contributed by atoms with Crippen LogP contribution in [0.3, 0.4) is 0 Å². The SMILES string of the molecule is CCN(CC)C(C)CNC(=NC)NCCN1CCCCC1. The third kappa shape index (κ3) is 7.14. The van der Waals surface area contributed by atoms with Crippen LogP contribution < -0.4 is 10.6 Å². The zero-order chi connectivity index (χ0) is 15.5. The molecule has 124 valence electrons. The topological polar surface area (TPSA) is 42.9 Å². The number of nitrogens with one attached hydrogen (secondary N) is 2. The molecule has 21 heavy (non-hydrogen) atoms. The summed E-state index contributed by atoms with van der Waals surface area (Å²) in [4.78, 5) is 9.31. The molecule has 0 bridgehead atoms. The van der Waals surface area contributed by atoms with Crippen LogP contribution in [0.2, 0.25) is 0 Å². The molecular formula is C16H35N5. The standard InChI is InChI=1S/C16H35N5/c1-5-21(6-2)15(3)14-19-16(17-4)18-10-13-20-11-8-7-9-12-20/h15H,5-14H2,1-4H3,(H2,17,18,19). The molecule has 0 aromatic rings. The Morgan fingerprint density at radius 3 is 2.38 bits per heavy atom. The summed E-state index contributed by atoms with van der Waals surface area (Å²) in [5.41, 5.74) is 0. The van der Waals surface area contributed by atoms with Crippen molar-refractivity contribution in [3.63, 3.8) is 0 Å². The Bertz CT molecular complexity index is 282. The summed E-state index contributed by atoms with van der Waals surface area (Å²) in [6, 6.07) is 0.528. The molecule has 0 spiro atoms. The van der Waals surface area contributed by atoms with Crippen molar-refractivity contribution in [2.75, 3.05) is 52.9 Å². The van der Waals surface area contributed by atoms with Crippen LogP contribution in [0, 0.1) is 0 Å². The summed E-state index contributed by atoms with van der Waals surface area (Å²) < 4.78 is 0. The highest BCUT2D eigenvalue weighted by Crippen LogP contribution is 2.07. The number of aliphatic imine (C=N–C) groups is 1. The lowest BCUT2D eigenvalue weighted by Crippen LogP contribution is -2.47. The third-order valence-corrected chi connectivity index (χ3v) is 4.39. The number of likely N-dealkylation sites (N-methyl/N-ethyl adjacent to an activating group) is 1. The average Bonchev–Trinajstić information content (AvgIpc) is 2.52. The van der Waals surface area contributed by atoms with Crippen LogP contribution >= 0.6 is 0 Å². The fourth-order valence-corrected chi connectivity index (χ4v) is 2.96. The molecule has 1 atom stereocenters. The molecule has 0 saturated carbocycles. The fraction of sp³-hybridized carbons (Fsp3) is 0.938. The predicted octanol–water partition coefficient (Wildman–Crippen LogP) is 1.37. The monoisotopic (exact) mass is 297 g/mol. The van der Waals surface area contributed by atoms with E-state index in [-0.39, 0.29) is 0 Å². The van der Waals surface area contributed by atoms with Gasteiger partial charge in [-0.15, -0.1) is 0 Å². The fourth-order valence-electron chi connectivity index (χ4n) is 2.96. The largest absolute Gasteiger partial charge is 0.355 e. The van der Waals surface area contributed by atoms with Gasteiger partial charge < -0.3 is 15.5 Å². The van der Waals surface area contributed by atoms with Gasteiger partial charge in [-0.1, -0.05) is 20.3 Å². The quantitative estimate of drug-likeness (QED) is 0.524. The molecule has 0 aromatic carbocycles. The summed E-state index contributed by atoms with van der Waals surface area (Å²) in [6.07, 6.45) is 4.11. The highest BCUT2D eigenvalue weighted by Gasteiger charge is 2.11. The molecule has 0 radical (unpaired) electrons. The number of nitrogens with zero attached hydrogens (tertiary/aromatic N) is 3. The van der Waals surface area contributed by atoms with E-state index in [4.69, 9.17) is 0 Å². The molecule has 1 unspecified atom stereocenters. The zero-order valence-corrected chi connectivity index (χ0v) is 14.5. The second-order valence-corrected chi connectivity index (χ2v) is 5.85. The van der Waals surface area contributed by atoms with Crippen LogP contribution in [0.1, 0.15) is 40.0 Å². The highest BCUT2D eigenvalue weighted by molar-refractivity contribution is 5.79. The number of guanidine groups is 1. The Morgan fingerprint density at radius 1 is 1.14 bits per heavy atom. The lowest BCUT2D eigenvalue weighted by molar-refractivity contribution is 0.229. The smallest absolute Gasteiger partial charge is 0.191 e. The molecule has 1 rings (SSSR count). The Hall–Kier alpha value is -0.810. The molecule has 0 amide bonds. The molecule has 0 aliphatic carbocycles. The van der Waals surface area contributed by atoms with E-state index in [2.05, 4.69) is 46.2 Å². The van der Waals surface area contributed by atoms with Crippen LogP contribution in [0.4, 0.5) is 0 Å². The van der Waals surface area contributed by atoms with Crippen LogP contribution in [-0.4, -0.2) is 74.7 Å². The van der Waals surface area contributed by atoms with Crippen molar-refractivity contribution < 1.29 is 0 Å². The van der Waals surface area contributed by atoms with Crippen molar-refractivity contribution in [3.8, 4) is 0 Å². The first kappa shape index (κ1) is 18.2. The molecule has 0 aromatic heterocycles. The van der Waals surface area contributed by atoms with Crippen LogP contribution in [0.25, 0.3) is 0 Å². The minimum absolute atomic E-state index is 0.528. The van der Waals surface area contributed by atoms with E-state index in [0.29, 0.717) is 6.04 Å². The van der Waals surface area contributed by atoms with Gasteiger partial charge in [0, 0.05) is 32.7 Å². The number of piperidine rings is 1. The van der Waals surface area contributed by atoms with Gasteiger partial charge in [0.05, 0.1) is 0 Å². The van der Waals surface area contributed by atoms with Crippen molar-refractivity contribution in [2.45, 2.75) is 46.1 Å². The van der Waals surface area contributed by atoms with Crippen molar-refractivity contribution in [1.29, 1.82) is 0 Å². The summed E-state index contributed by atoms with van der Waals surface area (Å²) >= 11 is 0. The Labute approximate surface area is 131 Å².